The van der Waals surface area contributed by atoms with Crippen molar-refractivity contribution in [1.29, 1.82) is 0 Å². The van der Waals surface area contributed by atoms with Gasteiger partial charge in [-0.2, -0.15) is 0 Å². The van der Waals surface area contributed by atoms with E-state index in [0.717, 1.165) is 0 Å². The molecule has 0 unspecified atom stereocenters. The third-order valence-corrected chi connectivity index (χ3v) is 2.44. The van der Waals surface area contributed by atoms with Crippen molar-refractivity contribution in [3.8, 4) is 11.8 Å². The smallest absolute Gasteiger partial charge is 0.226 e. The number of nitrogens with two attached hydrogens (primary N) is 1. The molecule has 0 saturated heterocycles. The van der Waals surface area contributed by atoms with Crippen LogP contribution in [0.5, 0.6) is 0 Å². The van der Waals surface area contributed by atoms with Crippen LogP contribution >= 0.6 is 11.6 Å². The molecule has 0 atom stereocenters. The lowest BCUT2D eigenvalue weighted by molar-refractivity contribution is -0.117. The number of ether oxygens (including phenoxy) is 1. The summed E-state index contributed by atoms with van der Waals surface area (Å²) in [6.07, 6.45) is 0.308. The van der Waals surface area contributed by atoms with Gasteiger partial charge in [-0.05, 0) is 18.2 Å². The van der Waals surface area contributed by atoms with Gasteiger partial charge in [0.2, 0.25) is 5.91 Å². The summed E-state index contributed by atoms with van der Waals surface area (Å²) >= 11 is 5.98. The van der Waals surface area contributed by atoms with E-state index in [9.17, 15) is 4.79 Å². The van der Waals surface area contributed by atoms with Gasteiger partial charge in [0.15, 0.2) is 0 Å². The highest BCUT2D eigenvalue weighted by atomic mass is 35.5. The summed E-state index contributed by atoms with van der Waals surface area (Å²) in [6, 6.07) is 5.13. The molecule has 18 heavy (non-hydrogen) atoms. The summed E-state index contributed by atoms with van der Waals surface area (Å²) in [5.41, 5.74) is 6.60. The van der Waals surface area contributed by atoms with Gasteiger partial charge in [0.25, 0.3) is 0 Å². The van der Waals surface area contributed by atoms with Crippen LogP contribution in [0.2, 0.25) is 5.02 Å². The fraction of sp³-hybridized carbons (Fsp3) is 0.308. The van der Waals surface area contributed by atoms with E-state index in [1.54, 1.807) is 25.3 Å². The van der Waals surface area contributed by atoms with E-state index in [-0.39, 0.29) is 12.5 Å². The lowest BCUT2D eigenvalue weighted by atomic mass is 10.2. The molecule has 1 aromatic rings. The summed E-state index contributed by atoms with van der Waals surface area (Å²) < 4.78 is 4.83. The first kappa shape index (κ1) is 14.5. The van der Waals surface area contributed by atoms with Gasteiger partial charge in [-0.3, -0.25) is 4.79 Å². The molecule has 5 heteroatoms. The van der Waals surface area contributed by atoms with Crippen molar-refractivity contribution >= 4 is 23.2 Å². The van der Waals surface area contributed by atoms with E-state index in [1.807, 2.05) is 0 Å². The molecule has 1 aromatic carbocycles. The van der Waals surface area contributed by atoms with Crippen molar-refractivity contribution < 1.29 is 9.53 Å². The van der Waals surface area contributed by atoms with E-state index >= 15 is 0 Å². The Labute approximate surface area is 111 Å². The SMILES string of the molecule is COCCC(=O)Nc1ccc(Cl)c(C#CCN)c1. The molecule has 0 heterocycles. The number of hydrogen-bond donors (Lipinski definition) is 2. The molecule has 0 aliphatic rings. The van der Waals surface area contributed by atoms with Gasteiger partial charge in [-0.25, -0.2) is 0 Å². The number of rotatable bonds is 4. The molecule has 3 N–H and O–H groups in total. The molecular formula is C13H15ClN2O2. The molecule has 1 amide bonds. The third kappa shape index (κ3) is 4.76. The zero-order chi connectivity index (χ0) is 13.4. The number of anilines is 1. The Hall–Kier alpha value is -1.54. The van der Waals surface area contributed by atoms with Crippen LogP contribution in [-0.2, 0) is 9.53 Å². The molecule has 0 saturated carbocycles. The van der Waals surface area contributed by atoms with Crippen LogP contribution in [-0.4, -0.2) is 26.2 Å². The summed E-state index contributed by atoms with van der Waals surface area (Å²) in [5.74, 6) is 5.45. The van der Waals surface area contributed by atoms with Gasteiger partial charge < -0.3 is 15.8 Å². The molecule has 0 aliphatic carbocycles. The lowest BCUT2D eigenvalue weighted by Gasteiger charge is -2.06. The molecular weight excluding hydrogens is 252 g/mol. The quantitative estimate of drug-likeness (QED) is 0.814. The predicted molar refractivity (Wildman–Crippen MR) is 72.5 cm³/mol. The standard InChI is InChI=1S/C13H15ClN2O2/c1-18-8-6-13(17)16-11-4-5-12(14)10(9-11)3-2-7-15/h4-5,9H,6-8,15H2,1H3,(H,16,17). The van der Waals surface area contributed by atoms with Crippen molar-refractivity contribution in [3.63, 3.8) is 0 Å². The minimum Gasteiger partial charge on any atom is -0.384 e. The molecule has 0 bridgehead atoms. The number of benzene rings is 1. The number of amides is 1. The van der Waals surface area contributed by atoms with Gasteiger partial charge in [0.05, 0.1) is 24.6 Å². The molecule has 0 aromatic heterocycles. The van der Waals surface area contributed by atoms with Crippen molar-refractivity contribution in [3.05, 3.63) is 28.8 Å². The first-order valence-corrected chi connectivity index (χ1v) is 5.82. The van der Waals surface area contributed by atoms with E-state index in [1.165, 1.54) is 0 Å². The highest BCUT2D eigenvalue weighted by Gasteiger charge is 2.04. The largest absolute Gasteiger partial charge is 0.384 e. The van der Waals surface area contributed by atoms with Gasteiger partial charge >= 0.3 is 0 Å². The summed E-state index contributed by atoms with van der Waals surface area (Å²) in [6.45, 7) is 0.653. The normalized spacial score (nSPS) is 9.50. The third-order valence-electron chi connectivity index (χ3n) is 2.11. The minimum atomic E-state index is -0.114. The number of nitrogens with one attached hydrogen (secondary N) is 1. The van der Waals surface area contributed by atoms with Crippen LogP contribution in [0.1, 0.15) is 12.0 Å². The van der Waals surface area contributed by atoms with Crippen LogP contribution in [0.3, 0.4) is 0 Å². The van der Waals surface area contributed by atoms with Crippen molar-refractivity contribution in [1.82, 2.24) is 0 Å². The lowest BCUT2D eigenvalue weighted by Crippen LogP contribution is -2.13. The van der Waals surface area contributed by atoms with Crippen LogP contribution in [0.15, 0.2) is 18.2 Å². The van der Waals surface area contributed by atoms with Crippen LogP contribution < -0.4 is 11.1 Å². The van der Waals surface area contributed by atoms with Crippen LogP contribution in [0.4, 0.5) is 5.69 Å². The van der Waals surface area contributed by atoms with E-state index in [4.69, 9.17) is 22.1 Å². The fourth-order valence-electron chi connectivity index (χ4n) is 1.26. The van der Waals surface area contributed by atoms with Gasteiger partial charge in [-0.1, -0.05) is 23.4 Å². The number of methoxy groups -OCH3 is 1. The maximum absolute atomic E-state index is 11.5. The number of halogens is 1. The highest BCUT2D eigenvalue weighted by Crippen LogP contribution is 2.19. The van der Waals surface area contributed by atoms with E-state index in [2.05, 4.69) is 17.2 Å². The Morgan fingerprint density at radius 1 is 1.56 bits per heavy atom. The average molecular weight is 267 g/mol. The summed E-state index contributed by atoms with van der Waals surface area (Å²) in [7, 11) is 1.55. The number of carbonyl (C=O) groups is 1. The molecule has 96 valence electrons. The second kappa shape index (κ2) is 7.72. The van der Waals surface area contributed by atoms with Gasteiger partial charge in [0.1, 0.15) is 0 Å². The van der Waals surface area contributed by atoms with E-state index < -0.39 is 0 Å². The first-order chi connectivity index (χ1) is 8.67. The maximum Gasteiger partial charge on any atom is 0.226 e. The van der Waals surface area contributed by atoms with E-state index in [0.29, 0.717) is 29.3 Å². The zero-order valence-electron chi connectivity index (χ0n) is 10.1. The van der Waals surface area contributed by atoms with Crippen LogP contribution in [0.25, 0.3) is 0 Å². The maximum atomic E-state index is 11.5. The summed E-state index contributed by atoms with van der Waals surface area (Å²) in [4.78, 5) is 11.5. The number of carbonyl (C=O) groups excluding carboxylic acids is 1. The first-order valence-electron chi connectivity index (χ1n) is 5.44. The second-order valence-corrected chi connectivity index (χ2v) is 3.90. The van der Waals surface area contributed by atoms with Crippen molar-refractivity contribution in [2.45, 2.75) is 6.42 Å². The monoisotopic (exact) mass is 266 g/mol. The summed E-state index contributed by atoms with van der Waals surface area (Å²) in [5, 5.41) is 3.28. The Balaban J connectivity index is 2.75. The Morgan fingerprint density at radius 3 is 3.00 bits per heavy atom. The van der Waals surface area contributed by atoms with Gasteiger partial charge in [0, 0.05) is 18.4 Å². The van der Waals surface area contributed by atoms with Crippen LogP contribution in [0, 0.1) is 11.8 Å². The molecule has 0 radical (unpaired) electrons. The molecule has 0 fully saturated rings. The highest BCUT2D eigenvalue weighted by molar-refractivity contribution is 6.31. The molecule has 0 spiro atoms. The number of hydrogen-bond acceptors (Lipinski definition) is 3. The Bertz CT molecular complexity index is 478. The Kier molecular flexibility index (Phi) is 6.23. The molecule has 0 aliphatic heterocycles. The molecule has 1 rings (SSSR count). The minimum absolute atomic E-state index is 0.114. The van der Waals surface area contributed by atoms with Gasteiger partial charge in [-0.15, -0.1) is 0 Å². The zero-order valence-corrected chi connectivity index (χ0v) is 10.9. The van der Waals surface area contributed by atoms with Crippen molar-refractivity contribution in [2.75, 3.05) is 25.6 Å². The Morgan fingerprint density at radius 2 is 2.33 bits per heavy atom. The topological polar surface area (TPSA) is 64.3 Å². The van der Waals surface area contributed by atoms with Crippen molar-refractivity contribution in [2.24, 2.45) is 5.73 Å². The average Bonchev–Trinajstić information content (AvgIpc) is 2.37. The molecule has 4 nitrogen and oxygen atoms in total. The fourth-order valence-corrected chi connectivity index (χ4v) is 1.43. The second-order valence-electron chi connectivity index (χ2n) is 3.49. The predicted octanol–water partition coefficient (Wildman–Crippen LogP) is 1.63.